The Bertz CT molecular complexity index is 370. The number of piperidine rings is 1. The maximum Gasteiger partial charge on any atom is 0.267 e. The molecular weight excluding hydrogens is 266 g/mol. The van der Waals surface area contributed by atoms with Gasteiger partial charge in [-0.1, -0.05) is 0 Å². The summed E-state index contributed by atoms with van der Waals surface area (Å²) in [5.41, 5.74) is 0.680. The maximum absolute atomic E-state index is 11.9. The van der Waals surface area contributed by atoms with Gasteiger partial charge in [0, 0.05) is 25.3 Å². The number of halogens is 1. The molecule has 1 fully saturated rings. The number of aromatic nitrogens is 1. The van der Waals surface area contributed by atoms with Crippen molar-refractivity contribution in [2.45, 2.75) is 12.8 Å². The van der Waals surface area contributed by atoms with Crippen LogP contribution in [-0.4, -0.2) is 44.2 Å². The highest BCUT2D eigenvalue weighted by molar-refractivity contribution is 5.92. The zero-order valence-electron chi connectivity index (χ0n) is 11.2. The molecule has 0 aromatic carbocycles. The van der Waals surface area contributed by atoms with Crippen LogP contribution in [0.25, 0.3) is 0 Å². The summed E-state index contributed by atoms with van der Waals surface area (Å²) >= 11 is 0. The molecule has 0 spiro atoms. The lowest BCUT2D eigenvalue weighted by Gasteiger charge is -2.37. The molecule has 1 aromatic rings. The summed E-state index contributed by atoms with van der Waals surface area (Å²) in [5.74, 6) is -0.0472. The molecule has 0 atom stereocenters. The number of carbonyl (C=O) groups excluding carboxylic acids is 1. The van der Waals surface area contributed by atoms with Crippen LogP contribution in [0, 0.1) is 5.41 Å². The smallest absolute Gasteiger partial charge is 0.267 e. The molecule has 5 nitrogen and oxygen atoms in total. The van der Waals surface area contributed by atoms with Crippen molar-refractivity contribution in [3.05, 3.63) is 24.0 Å². The molecule has 19 heavy (non-hydrogen) atoms. The molecule has 1 aliphatic rings. The lowest BCUT2D eigenvalue weighted by atomic mass is 9.79. The molecule has 108 valence electrons. The van der Waals surface area contributed by atoms with Crippen molar-refractivity contribution in [3.63, 3.8) is 0 Å². The Hall–Kier alpha value is -1.04. The Morgan fingerprint density at radius 3 is 2.79 bits per heavy atom. The number of hydrogen-bond donors (Lipinski definition) is 3. The fraction of sp³-hybridized carbons (Fsp3) is 0.615. The largest absolute Gasteiger partial charge is 0.384 e. The zero-order chi connectivity index (χ0) is 12.8. The topological polar surface area (TPSA) is 66.1 Å². The first-order chi connectivity index (χ1) is 8.76. The Morgan fingerprint density at radius 2 is 2.21 bits per heavy atom. The van der Waals surface area contributed by atoms with E-state index < -0.39 is 0 Å². The second-order valence-electron chi connectivity index (χ2n) is 4.95. The van der Waals surface area contributed by atoms with Crippen LogP contribution in [0.5, 0.6) is 0 Å². The van der Waals surface area contributed by atoms with Crippen molar-refractivity contribution in [1.29, 1.82) is 0 Å². The van der Waals surface area contributed by atoms with Crippen LogP contribution in [-0.2, 0) is 4.74 Å². The van der Waals surface area contributed by atoms with E-state index in [1.807, 2.05) is 6.07 Å². The van der Waals surface area contributed by atoms with Crippen LogP contribution in [0.2, 0.25) is 0 Å². The minimum absolute atomic E-state index is 0. The molecule has 3 N–H and O–H groups in total. The fourth-order valence-corrected chi connectivity index (χ4v) is 2.47. The Kier molecular flexibility index (Phi) is 6.34. The van der Waals surface area contributed by atoms with Gasteiger partial charge in [0.1, 0.15) is 5.69 Å². The van der Waals surface area contributed by atoms with E-state index >= 15 is 0 Å². The number of hydrogen-bond acceptors (Lipinski definition) is 3. The lowest BCUT2D eigenvalue weighted by molar-refractivity contribution is 0.0511. The van der Waals surface area contributed by atoms with Crippen LogP contribution < -0.4 is 10.6 Å². The van der Waals surface area contributed by atoms with E-state index in [9.17, 15) is 4.79 Å². The molecule has 0 unspecified atom stereocenters. The molecule has 2 rings (SSSR count). The summed E-state index contributed by atoms with van der Waals surface area (Å²) in [6.45, 7) is 3.34. The van der Waals surface area contributed by atoms with E-state index in [1.165, 1.54) is 0 Å². The van der Waals surface area contributed by atoms with Crippen molar-refractivity contribution in [2.24, 2.45) is 5.41 Å². The van der Waals surface area contributed by atoms with E-state index in [0.717, 1.165) is 25.9 Å². The van der Waals surface area contributed by atoms with E-state index in [1.54, 1.807) is 19.4 Å². The number of amides is 1. The molecule has 6 heteroatoms. The molecule has 0 bridgehead atoms. The first kappa shape index (κ1) is 16.0. The summed E-state index contributed by atoms with van der Waals surface area (Å²) in [7, 11) is 1.72. The van der Waals surface area contributed by atoms with E-state index in [-0.39, 0.29) is 23.7 Å². The van der Waals surface area contributed by atoms with Gasteiger partial charge < -0.3 is 20.4 Å². The van der Waals surface area contributed by atoms with Crippen molar-refractivity contribution < 1.29 is 9.53 Å². The van der Waals surface area contributed by atoms with Gasteiger partial charge in [0.15, 0.2) is 0 Å². The van der Waals surface area contributed by atoms with Crippen LogP contribution in [0.1, 0.15) is 23.3 Å². The third kappa shape index (κ3) is 4.23. The number of methoxy groups -OCH3 is 1. The number of aromatic amines is 1. The van der Waals surface area contributed by atoms with Gasteiger partial charge in [-0.25, -0.2) is 0 Å². The van der Waals surface area contributed by atoms with Crippen LogP contribution in [0.15, 0.2) is 18.3 Å². The molecular formula is C13H22ClN3O2. The standard InChI is InChI=1S/C13H21N3O2.ClH/c1-18-10-13(4-7-14-8-5-13)9-16-12(17)11-3-2-6-15-11;/h2-3,6,14-15H,4-5,7-10H2,1H3,(H,16,17);1H. The molecule has 1 aliphatic heterocycles. The quantitative estimate of drug-likeness (QED) is 0.762. The SMILES string of the molecule is COCC1(CNC(=O)c2ccc[nH]2)CCNCC1.Cl. The average Bonchev–Trinajstić information content (AvgIpc) is 2.91. The predicted molar refractivity (Wildman–Crippen MR) is 76.8 cm³/mol. The zero-order valence-corrected chi connectivity index (χ0v) is 12.0. The van der Waals surface area contributed by atoms with Gasteiger partial charge in [0.25, 0.3) is 5.91 Å². The Morgan fingerprint density at radius 1 is 1.47 bits per heavy atom. The second kappa shape index (κ2) is 7.53. The van der Waals surface area contributed by atoms with Gasteiger partial charge in [-0.05, 0) is 38.1 Å². The first-order valence-electron chi connectivity index (χ1n) is 6.37. The number of carbonyl (C=O) groups is 1. The van der Waals surface area contributed by atoms with Crippen molar-refractivity contribution in [3.8, 4) is 0 Å². The van der Waals surface area contributed by atoms with Gasteiger partial charge in [0.05, 0.1) is 6.61 Å². The maximum atomic E-state index is 11.9. The minimum Gasteiger partial charge on any atom is -0.384 e. The highest BCUT2D eigenvalue weighted by atomic mass is 35.5. The third-order valence-corrected chi connectivity index (χ3v) is 3.58. The Balaban J connectivity index is 0.00000180. The van der Waals surface area contributed by atoms with Crippen LogP contribution in [0.3, 0.4) is 0 Å². The Labute approximate surface area is 119 Å². The monoisotopic (exact) mass is 287 g/mol. The summed E-state index contributed by atoms with van der Waals surface area (Å²) in [6, 6.07) is 3.60. The highest BCUT2D eigenvalue weighted by Crippen LogP contribution is 2.28. The molecule has 1 saturated heterocycles. The predicted octanol–water partition coefficient (Wildman–Crippen LogP) is 1.18. The fourth-order valence-electron chi connectivity index (χ4n) is 2.47. The number of ether oxygens (including phenoxy) is 1. The van der Waals surface area contributed by atoms with Crippen molar-refractivity contribution in [1.82, 2.24) is 15.6 Å². The van der Waals surface area contributed by atoms with E-state index in [2.05, 4.69) is 15.6 Å². The first-order valence-corrected chi connectivity index (χ1v) is 6.37. The molecule has 0 saturated carbocycles. The van der Waals surface area contributed by atoms with Crippen LogP contribution >= 0.6 is 12.4 Å². The van der Waals surface area contributed by atoms with Gasteiger partial charge in [-0.2, -0.15) is 0 Å². The highest BCUT2D eigenvalue weighted by Gasteiger charge is 2.32. The molecule has 0 radical (unpaired) electrons. The second-order valence-corrected chi connectivity index (χ2v) is 4.95. The summed E-state index contributed by atoms with van der Waals surface area (Å²) < 4.78 is 5.32. The number of rotatable bonds is 5. The number of H-pyrrole nitrogens is 1. The molecule has 1 amide bonds. The van der Waals surface area contributed by atoms with E-state index in [0.29, 0.717) is 18.8 Å². The van der Waals surface area contributed by atoms with Crippen LogP contribution in [0.4, 0.5) is 0 Å². The average molecular weight is 288 g/mol. The lowest BCUT2D eigenvalue weighted by Crippen LogP contribution is -2.47. The van der Waals surface area contributed by atoms with Gasteiger partial charge >= 0.3 is 0 Å². The van der Waals surface area contributed by atoms with Gasteiger partial charge in [-0.15, -0.1) is 12.4 Å². The van der Waals surface area contributed by atoms with Crippen molar-refractivity contribution in [2.75, 3.05) is 33.4 Å². The van der Waals surface area contributed by atoms with Gasteiger partial charge in [0.2, 0.25) is 0 Å². The summed E-state index contributed by atoms with van der Waals surface area (Å²) in [4.78, 5) is 14.8. The molecule has 1 aromatic heterocycles. The third-order valence-electron chi connectivity index (χ3n) is 3.58. The normalized spacial score (nSPS) is 17.5. The summed E-state index contributed by atoms with van der Waals surface area (Å²) in [5, 5.41) is 6.34. The molecule has 0 aliphatic carbocycles. The summed E-state index contributed by atoms with van der Waals surface area (Å²) in [6.07, 6.45) is 3.82. The molecule has 2 heterocycles. The number of nitrogens with one attached hydrogen (secondary N) is 3. The van der Waals surface area contributed by atoms with E-state index in [4.69, 9.17) is 4.74 Å². The van der Waals surface area contributed by atoms with Gasteiger partial charge in [-0.3, -0.25) is 4.79 Å². The minimum atomic E-state index is -0.0472. The van der Waals surface area contributed by atoms with Crippen molar-refractivity contribution >= 4 is 18.3 Å².